The quantitative estimate of drug-likeness (QED) is 0.595. The van der Waals surface area contributed by atoms with E-state index in [0.29, 0.717) is 6.42 Å². The molecule has 0 radical (unpaired) electrons. The average Bonchev–Trinajstić information content (AvgIpc) is 2.29. The highest BCUT2D eigenvalue weighted by Crippen LogP contribution is 2.17. The van der Waals surface area contributed by atoms with Gasteiger partial charge in [0.2, 0.25) is 0 Å². The summed E-state index contributed by atoms with van der Waals surface area (Å²) in [5.41, 5.74) is 1.08. The standard InChI is InChI=1S/C11H12N2S2/c1-13(10-6-3-2-4-7-10)11(14)15-9-5-8-12/h2-4,6-7H,5,9H2,1H3. The molecule has 1 aromatic carbocycles. The average molecular weight is 236 g/mol. The van der Waals surface area contributed by atoms with Gasteiger partial charge >= 0.3 is 0 Å². The molecule has 0 spiro atoms. The van der Waals surface area contributed by atoms with E-state index in [4.69, 9.17) is 17.5 Å². The molecule has 0 aromatic heterocycles. The Morgan fingerprint density at radius 2 is 2.13 bits per heavy atom. The molecule has 0 saturated carbocycles. The van der Waals surface area contributed by atoms with E-state index in [0.717, 1.165) is 15.8 Å². The summed E-state index contributed by atoms with van der Waals surface area (Å²) in [5.74, 6) is 0.756. The van der Waals surface area contributed by atoms with Crippen molar-refractivity contribution in [3.8, 4) is 6.07 Å². The van der Waals surface area contributed by atoms with E-state index < -0.39 is 0 Å². The van der Waals surface area contributed by atoms with E-state index in [1.165, 1.54) is 11.8 Å². The second-order valence-corrected chi connectivity index (χ2v) is 4.65. The van der Waals surface area contributed by atoms with Crippen molar-refractivity contribution >= 4 is 34.0 Å². The number of thioether (sulfide) groups is 1. The lowest BCUT2D eigenvalue weighted by molar-refractivity contribution is 1.24. The first kappa shape index (κ1) is 12.0. The van der Waals surface area contributed by atoms with E-state index in [2.05, 4.69) is 6.07 Å². The highest BCUT2D eigenvalue weighted by Gasteiger charge is 2.06. The van der Waals surface area contributed by atoms with Crippen LogP contribution in [0.3, 0.4) is 0 Å². The van der Waals surface area contributed by atoms with Gasteiger partial charge < -0.3 is 4.90 Å². The minimum absolute atomic E-state index is 0.535. The summed E-state index contributed by atoms with van der Waals surface area (Å²) in [6.45, 7) is 0. The molecule has 78 valence electrons. The van der Waals surface area contributed by atoms with Crippen LogP contribution in [0, 0.1) is 11.3 Å². The van der Waals surface area contributed by atoms with Crippen molar-refractivity contribution in [1.29, 1.82) is 5.26 Å². The number of nitriles is 1. The van der Waals surface area contributed by atoms with Crippen LogP contribution in [0.5, 0.6) is 0 Å². The Labute approximate surface area is 99.9 Å². The molecule has 4 heteroatoms. The van der Waals surface area contributed by atoms with Gasteiger partial charge in [0.25, 0.3) is 0 Å². The molecule has 0 N–H and O–H groups in total. The van der Waals surface area contributed by atoms with E-state index in [9.17, 15) is 0 Å². The zero-order chi connectivity index (χ0) is 11.1. The van der Waals surface area contributed by atoms with Crippen LogP contribution < -0.4 is 4.90 Å². The molecular weight excluding hydrogens is 224 g/mol. The number of anilines is 1. The summed E-state index contributed by atoms with van der Waals surface area (Å²) < 4.78 is 0.802. The highest BCUT2D eigenvalue weighted by molar-refractivity contribution is 8.23. The van der Waals surface area contributed by atoms with Crippen molar-refractivity contribution in [1.82, 2.24) is 0 Å². The molecule has 0 unspecified atom stereocenters. The van der Waals surface area contributed by atoms with Crippen LogP contribution in [-0.4, -0.2) is 17.1 Å². The molecule has 0 aliphatic rings. The van der Waals surface area contributed by atoms with Crippen molar-refractivity contribution in [3.63, 3.8) is 0 Å². The van der Waals surface area contributed by atoms with Crippen molar-refractivity contribution in [2.45, 2.75) is 6.42 Å². The number of hydrogen-bond acceptors (Lipinski definition) is 3. The van der Waals surface area contributed by atoms with Gasteiger partial charge in [-0.15, -0.1) is 0 Å². The fraction of sp³-hybridized carbons (Fsp3) is 0.273. The molecule has 15 heavy (non-hydrogen) atoms. The second kappa shape index (κ2) is 6.44. The smallest absolute Gasteiger partial charge is 0.140 e. The molecule has 0 atom stereocenters. The van der Waals surface area contributed by atoms with Crippen LogP contribution in [0.25, 0.3) is 0 Å². The van der Waals surface area contributed by atoms with E-state index in [1.54, 1.807) is 0 Å². The van der Waals surface area contributed by atoms with Gasteiger partial charge in [-0.2, -0.15) is 5.26 Å². The van der Waals surface area contributed by atoms with Gasteiger partial charge in [-0.25, -0.2) is 0 Å². The largest absolute Gasteiger partial charge is 0.330 e. The Hall–Kier alpha value is -1.05. The lowest BCUT2D eigenvalue weighted by Gasteiger charge is -2.18. The SMILES string of the molecule is CN(C(=S)SCCC#N)c1ccccc1. The fourth-order valence-electron chi connectivity index (χ4n) is 1.04. The van der Waals surface area contributed by atoms with Crippen molar-refractivity contribution in [3.05, 3.63) is 30.3 Å². The van der Waals surface area contributed by atoms with Gasteiger partial charge in [0.15, 0.2) is 0 Å². The Morgan fingerprint density at radius 3 is 2.73 bits per heavy atom. The highest BCUT2D eigenvalue weighted by atomic mass is 32.2. The normalized spacial score (nSPS) is 9.33. The monoisotopic (exact) mass is 236 g/mol. The lowest BCUT2D eigenvalue weighted by Crippen LogP contribution is -2.21. The van der Waals surface area contributed by atoms with Gasteiger partial charge in [-0.1, -0.05) is 42.2 Å². The second-order valence-electron chi connectivity index (χ2n) is 2.92. The molecule has 0 fully saturated rings. The summed E-state index contributed by atoms with van der Waals surface area (Å²) in [6, 6.07) is 12.1. The number of benzene rings is 1. The van der Waals surface area contributed by atoms with Crippen LogP contribution in [0.2, 0.25) is 0 Å². The maximum atomic E-state index is 8.41. The summed E-state index contributed by atoms with van der Waals surface area (Å²) in [6.07, 6.45) is 0.535. The third-order valence-corrected chi connectivity index (χ3v) is 3.41. The van der Waals surface area contributed by atoms with Crippen molar-refractivity contribution in [2.75, 3.05) is 17.7 Å². The predicted octanol–water partition coefficient (Wildman–Crippen LogP) is 3.05. The number of nitrogens with zero attached hydrogens (tertiary/aromatic N) is 2. The van der Waals surface area contributed by atoms with Crippen LogP contribution in [-0.2, 0) is 0 Å². The topological polar surface area (TPSA) is 27.0 Å². The fourth-order valence-corrected chi connectivity index (χ4v) is 2.06. The zero-order valence-electron chi connectivity index (χ0n) is 8.51. The van der Waals surface area contributed by atoms with Crippen LogP contribution >= 0.6 is 24.0 Å². The third kappa shape index (κ3) is 3.90. The summed E-state index contributed by atoms with van der Waals surface area (Å²) >= 11 is 6.79. The molecule has 0 saturated heterocycles. The van der Waals surface area contributed by atoms with Crippen molar-refractivity contribution < 1.29 is 0 Å². The number of thiocarbonyl (C=S) groups is 1. The minimum Gasteiger partial charge on any atom is -0.330 e. The van der Waals surface area contributed by atoms with Gasteiger partial charge in [0.1, 0.15) is 4.32 Å². The Kier molecular flexibility index (Phi) is 5.16. The first-order chi connectivity index (χ1) is 7.25. The van der Waals surface area contributed by atoms with E-state index >= 15 is 0 Å². The van der Waals surface area contributed by atoms with Crippen molar-refractivity contribution in [2.24, 2.45) is 0 Å². The molecule has 0 aliphatic carbocycles. The van der Waals surface area contributed by atoms with Crippen LogP contribution in [0.4, 0.5) is 5.69 Å². The van der Waals surface area contributed by atoms with Gasteiger partial charge in [-0.3, -0.25) is 0 Å². The van der Waals surface area contributed by atoms with E-state index in [-0.39, 0.29) is 0 Å². The summed E-state index contributed by atoms with van der Waals surface area (Å²) in [4.78, 5) is 1.96. The first-order valence-electron chi connectivity index (χ1n) is 4.58. The minimum atomic E-state index is 0.535. The van der Waals surface area contributed by atoms with E-state index in [1.807, 2.05) is 42.3 Å². The molecule has 0 heterocycles. The maximum Gasteiger partial charge on any atom is 0.140 e. The Morgan fingerprint density at radius 1 is 1.47 bits per heavy atom. The summed E-state index contributed by atoms with van der Waals surface area (Å²) in [5, 5.41) is 8.41. The number of rotatable bonds is 3. The Balaban J connectivity index is 2.51. The first-order valence-corrected chi connectivity index (χ1v) is 5.97. The molecule has 0 aliphatic heterocycles. The van der Waals surface area contributed by atoms with Gasteiger partial charge in [0.05, 0.1) is 6.07 Å². The molecular formula is C11H12N2S2. The molecule has 1 rings (SSSR count). The predicted molar refractivity (Wildman–Crippen MR) is 70.1 cm³/mol. The van der Waals surface area contributed by atoms with Crippen LogP contribution in [0.15, 0.2) is 30.3 Å². The molecule has 0 amide bonds. The number of hydrogen-bond donors (Lipinski definition) is 0. The molecule has 1 aromatic rings. The van der Waals surface area contributed by atoms with Crippen LogP contribution in [0.1, 0.15) is 6.42 Å². The third-order valence-electron chi connectivity index (χ3n) is 1.86. The zero-order valence-corrected chi connectivity index (χ0v) is 10.1. The Bertz CT molecular complexity index is 357. The maximum absolute atomic E-state index is 8.41. The number of para-hydroxylation sites is 1. The summed E-state index contributed by atoms with van der Waals surface area (Å²) in [7, 11) is 1.94. The molecule has 0 bridgehead atoms. The van der Waals surface area contributed by atoms with Gasteiger partial charge in [0, 0.05) is 24.9 Å². The van der Waals surface area contributed by atoms with Gasteiger partial charge in [-0.05, 0) is 12.1 Å². The lowest BCUT2D eigenvalue weighted by atomic mass is 10.3. The molecule has 2 nitrogen and oxygen atoms in total.